The highest BCUT2D eigenvalue weighted by atomic mass is 16.3. The minimum Gasteiger partial charge on any atom is -0.396 e. The van der Waals surface area contributed by atoms with Crippen LogP contribution in [0.25, 0.3) is 0 Å². The van der Waals surface area contributed by atoms with Crippen LogP contribution in [-0.4, -0.2) is 47.8 Å². The topological polar surface area (TPSA) is 35.5 Å². The summed E-state index contributed by atoms with van der Waals surface area (Å²) in [6.07, 6.45) is 0.860. The van der Waals surface area contributed by atoms with E-state index in [-0.39, 0.29) is 12.1 Å². The first kappa shape index (κ1) is 12.9. The van der Waals surface area contributed by atoms with Crippen molar-refractivity contribution in [2.24, 2.45) is 5.92 Å². The Labute approximate surface area is 93.9 Å². The summed E-state index contributed by atoms with van der Waals surface area (Å²) in [4.78, 5) is 2.53. The summed E-state index contributed by atoms with van der Waals surface area (Å²) in [6, 6.07) is 0.444. The molecule has 1 aliphatic heterocycles. The van der Waals surface area contributed by atoms with Crippen molar-refractivity contribution >= 4 is 0 Å². The second-order valence-corrected chi connectivity index (χ2v) is 5.80. The summed E-state index contributed by atoms with van der Waals surface area (Å²) in [6.45, 7) is 12.6. The molecular formula is C12H26N2O. The molecule has 1 heterocycles. The zero-order valence-corrected chi connectivity index (χ0v) is 10.6. The molecule has 1 fully saturated rings. The van der Waals surface area contributed by atoms with Crippen molar-refractivity contribution in [2.45, 2.75) is 45.7 Å². The van der Waals surface area contributed by atoms with E-state index in [2.05, 4.69) is 37.9 Å². The molecule has 0 saturated carbocycles. The number of rotatable bonds is 2. The molecular weight excluding hydrogens is 188 g/mol. The van der Waals surface area contributed by atoms with Gasteiger partial charge in [-0.2, -0.15) is 0 Å². The van der Waals surface area contributed by atoms with Crippen LogP contribution in [0.1, 0.15) is 34.1 Å². The predicted octanol–water partition coefficient (Wildman–Crippen LogP) is 1.08. The fourth-order valence-corrected chi connectivity index (χ4v) is 2.11. The molecule has 1 saturated heterocycles. The van der Waals surface area contributed by atoms with Crippen LogP contribution in [0.2, 0.25) is 0 Å². The first-order valence-corrected chi connectivity index (χ1v) is 6.02. The van der Waals surface area contributed by atoms with Crippen LogP contribution >= 0.6 is 0 Å². The molecule has 3 nitrogen and oxygen atoms in total. The minimum atomic E-state index is 0.230. The molecule has 0 aromatic heterocycles. The number of hydrogen-bond donors (Lipinski definition) is 2. The molecule has 90 valence electrons. The smallest absolute Gasteiger partial charge is 0.0446 e. The molecule has 2 N–H and O–H groups in total. The largest absolute Gasteiger partial charge is 0.396 e. The van der Waals surface area contributed by atoms with E-state index in [1.54, 1.807) is 0 Å². The van der Waals surface area contributed by atoms with E-state index in [9.17, 15) is 0 Å². The van der Waals surface area contributed by atoms with Crippen molar-refractivity contribution in [3.05, 3.63) is 0 Å². The number of aliphatic hydroxyl groups is 1. The lowest BCUT2D eigenvalue weighted by Gasteiger charge is -2.37. The van der Waals surface area contributed by atoms with Crippen molar-refractivity contribution in [2.75, 3.05) is 26.2 Å². The van der Waals surface area contributed by atoms with Crippen LogP contribution in [-0.2, 0) is 0 Å². The normalized spacial score (nSPS) is 30.2. The number of nitrogens with one attached hydrogen (secondary N) is 1. The third-order valence-corrected chi connectivity index (χ3v) is 3.15. The number of nitrogens with zero attached hydrogens (tertiary/aromatic N) is 1. The van der Waals surface area contributed by atoms with Gasteiger partial charge in [-0.3, -0.25) is 4.90 Å². The van der Waals surface area contributed by atoms with E-state index < -0.39 is 0 Å². The fraction of sp³-hybridized carbons (Fsp3) is 1.00. The summed E-state index contributed by atoms with van der Waals surface area (Å²) < 4.78 is 0. The third-order valence-electron chi connectivity index (χ3n) is 3.15. The molecule has 2 unspecified atom stereocenters. The van der Waals surface area contributed by atoms with Gasteiger partial charge < -0.3 is 10.4 Å². The second-order valence-electron chi connectivity index (χ2n) is 5.80. The lowest BCUT2D eigenvalue weighted by Crippen LogP contribution is -2.47. The molecule has 0 aromatic rings. The molecule has 2 atom stereocenters. The van der Waals surface area contributed by atoms with Crippen molar-refractivity contribution in [3.63, 3.8) is 0 Å². The Hall–Kier alpha value is -0.120. The summed E-state index contributed by atoms with van der Waals surface area (Å²) in [5.74, 6) is 0.688. The van der Waals surface area contributed by atoms with Crippen LogP contribution in [0.3, 0.4) is 0 Å². The van der Waals surface area contributed by atoms with Crippen molar-refractivity contribution in [1.29, 1.82) is 0 Å². The van der Waals surface area contributed by atoms with Gasteiger partial charge in [0.2, 0.25) is 0 Å². The average molecular weight is 214 g/mol. The van der Waals surface area contributed by atoms with Gasteiger partial charge in [-0.1, -0.05) is 6.92 Å². The molecule has 0 radical (unpaired) electrons. The fourth-order valence-electron chi connectivity index (χ4n) is 2.11. The maximum Gasteiger partial charge on any atom is 0.0446 e. The standard InChI is InChI=1S/C12H26N2O/c1-10-7-13-11(5-6-15)9-14(8-10)12(2,3)4/h10-11,13,15H,5-9H2,1-4H3. The van der Waals surface area contributed by atoms with Gasteiger partial charge in [0.1, 0.15) is 0 Å². The highest BCUT2D eigenvalue weighted by Crippen LogP contribution is 2.18. The van der Waals surface area contributed by atoms with Gasteiger partial charge in [-0.25, -0.2) is 0 Å². The van der Waals surface area contributed by atoms with Crippen LogP contribution in [0.15, 0.2) is 0 Å². The quantitative estimate of drug-likeness (QED) is 0.722. The van der Waals surface area contributed by atoms with E-state index in [0.29, 0.717) is 12.0 Å². The van der Waals surface area contributed by atoms with Gasteiger partial charge in [0.25, 0.3) is 0 Å². The van der Waals surface area contributed by atoms with Gasteiger partial charge in [-0.05, 0) is 39.7 Å². The molecule has 0 amide bonds. The van der Waals surface area contributed by atoms with Crippen molar-refractivity contribution in [3.8, 4) is 0 Å². The molecule has 15 heavy (non-hydrogen) atoms. The summed E-state index contributed by atoms with van der Waals surface area (Å²) >= 11 is 0. The summed E-state index contributed by atoms with van der Waals surface area (Å²) in [7, 11) is 0. The van der Waals surface area contributed by atoms with Crippen molar-refractivity contribution < 1.29 is 5.11 Å². The van der Waals surface area contributed by atoms with Crippen molar-refractivity contribution in [1.82, 2.24) is 10.2 Å². The lowest BCUT2D eigenvalue weighted by atomic mass is 10.0. The second kappa shape index (κ2) is 5.28. The van der Waals surface area contributed by atoms with E-state index in [1.165, 1.54) is 0 Å². The Morgan fingerprint density at radius 3 is 2.53 bits per heavy atom. The zero-order chi connectivity index (χ0) is 11.5. The number of hydrogen-bond acceptors (Lipinski definition) is 3. The van der Waals surface area contributed by atoms with Crippen LogP contribution in [0.5, 0.6) is 0 Å². The zero-order valence-electron chi connectivity index (χ0n) is 10.6. The highest BCUT2D eigenvalue weighted by Gasteiger charge is 2.28. The van der Waals surface area contributed by atoms with Gasteiger partial charge in [0.15, 0.2) is 0 Å². The van der Waals surface area contributed by atoms with Gasteiger partial charge >= 0.3 is 0 Å². The maximum absolute atomic E-state index is 9.01. The van der Waals surface area contributed by atoms with E-state index in [0.717, 1.165) is 26.1 Å². The third kappa shape index (κ3) is 4.09. The SMILES string of the molecule is CC1CNC(CCO)CN(C(C)(C)C)C1. The Morgan fingerprint density at radius 2 is 2.00 bits per heavy atom. The first-order valence-electron chi connectivity index (χ1n) is 6.02. The molecule has 3 heteroatoms. The van der Waals surface area contributed by atoms with E-state index >= 15 is 0 Å². The molecule has 0 bridgehead atoms. The van der Waals surface area contributed by atoms with Crippen LogP contribution < -0.4 is 5.32 Å². The summed E-state index contributed by atoms with van der Waals surface area (Å²) in [5.41, 5.74) is 0.230. The lowest BCUT2D eigenvalue weighted by molar-refractivity contribution is 0.117. The van der Waals surface area contributed by atoms with E-state index in [1.807, 2.05) is 0 Å². The highest BCUT2D eigenvalue weighted by molar-refractivity contribution is 4.85. The molecule has 0 spiro atoms. The Kier molecular flexibility index (Phi) is 4.56. The average Bonchev–Trinajstić information content (AvgIpc) is 2.28. The Morgan fingerprint density at radius 1 is 1.33 bits per heavy atom. The molecule has 1 rings (SSSR count). The van der Waals surface area contributed by atoms with E-state index in [4.69, 9.17) is 5.11 Å². The predicted molar refractivity (Wildman–Crippen MR) is 64.0 cm³/mol. The Bertz CT molecular complexity index is 189. The molecule has 0 aliphatic carbocycles. The van der Waals surface area contributed by atoms with Crippen LogP contribution in [0, 0.1) is 5.92 Å². The number of aliphatic hydroxyl groups excluding tert-OH is 1. The first-order chi connectivity index (χ1) is 6.93. The van der Waals surface area contributed by atoms with Gasteiger partial charge in [0, 0.05) is 31.3 Å². The molecule has 1 aliphatic rings. The van der Waals surface area contributed by atoms with Crippen LogP contribution in [0.4, 0.5) is 0 Å². The minimum absolute atomic E-state index is 0.230. The monoisotopic (exact) mass is 214 g/mol. The Balaban J connectivity index is 2.61. The molecule has 0 aromatic carbocycles. The summed E-state index contributed by atoms with van der Waals surface area (Å²) in [5, 5.41) is 12.5. The van der Waals surface area contributed by atoms with Gasteiger partial charge in [0.05, 0.1) is 0 Å². The maximum atomic E-state index is 9.01. The van der Waals surface area contributed by atoms with Gasteiger partial charge in [-0.15, -0.1) is 0 Å².